The zero-order valence-electron chi connectivity index (χ0n) is 20.1. The molecule has 2 aliphatic heterocycles. The molecule has 0 radical (unpaired) electrons. The molecule has 1 amide bonds. The maximum Gasteiger partial charge on any atom is 0.324 e. The number of rotatable bonds is 8. The van der Waals surface area contributed by atoms with Crippen LogP contribution in [-0.4, -0.2) is 67.3 Å². The molecule has 0 spiro atoms. The number of likely N-dealkylation sites (tertiary alicyclic amines) is 1. The number of hydrogen-bond donors (Lipinski definition) is 1. The third-order valence-corrected chi connectivity index (χ3v) is 6.79. The third kappa shape index (κ3) is 6.25. The fraction of sp³-hybridized carbons (Fsp3) is 0.640. The van der Waals surface area contributed by atoms with E-state index in [9.17, 15) is 4.79 Å². The first-order chi connectivity index (χ1) is 16.0. The van der Waals surface area contributed by atoms with Crippen LogP contribution in [0.3, 0.4) is 0 Å². The van der Waals surface area contributed by atoms with Crippen molar-refractivity contribution in [3.63, 3.8) is 0 Å². The Labute approximate surface area is 196 Å². The number of ether oxygens (including phenoxy) is 1. The first kappa shape index (κ1) is 23.5. The maximum absolute atomic E-state index is 12.6. The zero-order valence-corrected chi connectivity index (χ0v) is 20.1. The summed E-state index contributed by atoms with van der Waals surface area (Å²) in [6, 6.07) is 8.10. The first-order valence-corrected chi connectivity index (χ1v) is 12.2. The van der Waals surface area contributed by atoms with E-state index >= 15 is 0 Å². The molecule has 1 aromatic carbocycles. The molecule has 4 rings (SSSR count). The van der Waals surface area contributed by atoms with Crippen LogP contribution < -0.4 is 15.0 Å². The average Bonchev–Trinajstić information content (AvgIpc) is 3.32. The largest absolute Gasteiger partial charge is 0.497 e. The van der Waals surface area contributed by atoms with E-state index in [2.05, 4.69) is 39.1 Å². The smallest absolute Gasteiger partial charge is 0.324 e. The number of nitrogens with one attached hydrogen (secondary N) is 1. The Morgan fingerprint density at radius 2 is 1.85 bits per heavy atom. The lowest BCUT2D eigenvalue weighted by Crippen LogP contribution is -2.42. The van der Waals surface area contributed by atoms with Gasteiger partial charge in [-0.25, -0.2) is 0 Å². The topological polar surface area (TPSA) is 83.7 Å². The lowest BCUT2D eigenvalue weighted by molar-refractivity contribution is -0.125. The Hall–Kier alpha value is -2.61. The number of nitrogens with zero attached hydrogens (tertiary/aromatic N) is 4. The SMILES string of the molecule is COc1ccc(-c2noc(N3CCC(C(=O)NCCCN4C[C@H](C)C[C@@H](C)C4)CC3)n2)cc1. The van der Waals surface area contributed by atoms with Crippen molar-refractivity contribution in [3.05, 3.63) is 24.3 Å². The van der Waals surface area contributed by atoms with Gasteiger partial charge >= 0.3 is 6.01 Å². The number of benzene rings is 1. The van der Waals surface area contributed by atoms with Gasteiger partial charge in [0.15, 0.2) is 0 Å². The molecule has 180 valence electrons. The molecule has 2 fully saturated rings. The number of carbonyl (C=O) groups is 1. The number of piperidine rings is 2. The summed E-state index contributed by atoms with van der Waals surface area (Å²) in [5.41, 5.74) is 0.883. The average molecular weight is 456 g/mol. The van der Waals surface area contributed by atoms with Gasteiger partial charge in [-0.3, -0.25) is 4.79 Å². The monoisotopic (exact) mass is 455 g/mol. The number of hydrogen-bond acceptors (Lipinski definition) is 7. The zero-order chi connectivity index (χ0) is 23.2. The summed E-state index contributed by atoms with van der Waals surface area (Å²) in [6.07, 6.45) is 3.94. The van der Waals surface area contributed by atoms with Crippen molar-refractivity contribution in [3.8, 4) is 17.1 Å². The van der Waals surface area contributed by atoms with Crippen molar-refractivity contribution in [2.75, 3.05) is 51.3 Å². The van der Waals surface area contributed by atoms with Gasteiger partial charge in [0.1, 0.15) is 5.75 Å². The van der Waals surface area contributed by atoms with E-state index in [0.717, 1.165) is 68.6 Å². The summed E-state index contributed by atoms with van der Waals surface area (Å²) in [5, 5.41) is 7.28. The molecule has 2 saturated heterocycles. The van der Waals surface area contributed by atoms with Gasteiger partial charge in [0.2, 0.25) is 11.7 Å². The number of amides is 1. The highest BCUT2D eigenvalue weighted by Gasteiger charge is 2.27. The standard InChI is InChI=1S/C25H37N5O3/c1-18-15-19(2)17-29(16-18)12-4-11-26-24(31)21-9-13-30(14-10-21)25-27-23(28-33-25)20-5-7-22(32-3)8-6-20/h5-8,18-19,21H,4,9-17H2,1-3H3,(H,26,31)/t18-,19-/m1/s1. The second-order valence-corrected chi connectivity index (χ2v) is 9.74. The summed E-state index contributed by atoms with van der Waals surface area (Å²) in [4.78, 5) is 21.8. The van der Waals surface area contributed by atoms with Crippen molar-refractivity contribution in [2.45, 2.75) is 39.5 Å². The van der Waals surface area contributed by atoms with E-state index < -0.39 is 0 Å². The minimum absolute atomic E-state index is 0.0558. The van der Waals surface area contributed by atoms with Crippen molar-refractivity contribution < 1.29 is 14.1 Å². The number of anilines is 1. The predicted octanol–water partition coefficient (Wildman–Crippen LogP) is 3.45. The molecular formula is C25H37N5O3. The fourth-order valence-corrected chi connectivity index (χ4v) is 5.17. The van der Waals surface area contributed by atoms with E-state index in [1.165, 1.54) is 19.5 Å². The fourth-order valence-electron chi connectivity index (χ4n) is 5.17. The van der Waals surface area contributed by atoms with E-state index in [0.29, 0.717) is 11.8 Å². The predicted molar refractivity (Wildman–Crippen MR) is 128 cm³/mol. The molecule has 0 aliphatic carbocycles. The maximum atomic E-state index is 12.6. The van der Waals surface area contributed by atoms with Crippen LogP contribution in [0, 0.1) is 17.8 Å². The summed E-state index contributed by atoms with van der Waals surface area (Å²) in [7, 11) is 1.64. The van der Waals surface area contributed by atoms with Gasteiger partial charge in [0.05, 0.1) is 7.11 Å². The van der Waals surface area contributed by atoms with Crippen molar-refractivity contribution in [1.29, 1.82) is 0 Å². The molecule has 1 aromatic heterocycles. The van der Waals surface area contributed by atoms with Crippen LogP contribution in [0.1, 0.15) is 39.5 Å². The van der Waals surface area contributed by atoms with Crippen molar-refractivity contribution >= 4 is 11.9 Å². The number of carbonyl (C=O) groups excluding carboxylic acids is 1. The first-order valence-electron chi connectivity index (χ1n) is 12.2. The molecule has 2 aliphatic rings. The van der Waals surface area contributed by atoms with Crippen LogP contribution in [-0.2, 0) is 4.79 Å². The molecule has 1 N–H and O–H groups in total. The van der Waals surface area contributed by atoms with Gasteiger partial charge in [-0.1, -0.05) is 19.0 Å². The molecule has 8 heteroatoms. The second kappa shape index (κ2) is 11.0. The summed E-state index contributed by atoms with van der Waals surface area (Å²) >= 11 is 0. The normalized spacial score (nSPS) is 22.3. The summed E-state index contributed by atoms with van der Waals surface area (Å²) in [6.45, 7) is 10.4. The number of methoxy groups -OCH3 is 1. The lowest BCUT2D eigenvalue weighted by Gasteiger charge is -2.35. The van der Waals surface area contributed by atoms with Crippen molar-refractivity contribution in [1.82, 2.24) is 20.4 Å². The van der Waals surface area contributed by atoms with Gasteiger partial charge in [0.25, 0.3) is 0 Å². The van der Waals surface area contributed by atoms with Crippen LogP contribution >= 0.6 is 0 Å². The van der Waals surface area contributed by atoms with Crippen molar-refractivity contribution in [2.24, 2.45) is 17.8 Å². The minimum atomic E-state index is 0.0558. The molecule has 0 bridgehead atoms. The molecule has 8 nitrogen and oxygen atoms in total. The number of aromatic nitrogens is 2. The Kier molecular flexibility index (Phi) is 7.85. The molecule has 2 aromatic rings. The van der Waals surface area contributed by atoms with Crippen LogP contribution in [0.15, 0.2) is 28.8 Å². The van der Waals surface area contributed by atoms with Gasteiger partial charge in [-0.15, -0.1) is 0 Å². The van der Waals surface area contributed by atoms with E-state index in [-0.39, 0.29) is 11.8 Å². The van der Waals surface area contributed by atoms with Gasteiger partial charge < -0.3 is 24.4 Å². The molecule has 2 atom stereocenters. The van der Waals surface area contributed by atoms with E-state index in [1.54, 1.807) is 7.11 Å². The third-order valence-electron chi connectivity index (χ3n) is 6.79. The van der Waals surface area contributed by atoms with E-state index in [4.69, 9.17) is 9.26 Å². The highest BCUT2D eigenvalue weighted by Crippen LogP contribution is 2.26. The minimum Gasteiger partial charge on any atom is -0.497 e. The van der Waals surface area contributed by atoms with Gasteiger partial charge in [-0.05, 0) is 68.3 Å². The van der Waals surface area contributed by atoms with Crippen LogP contribution in [0.5, 0.6) is 5.75 Å². The second-order valence-electron chi connectivity index (χ2n) is 9.74. The highest BCUT2D eigenvalue weighted by atomic mass is 16.5. The van der Waals surface area contributed by atoms with Crippen LogP contribution in [0.4, 0.5) is 6.01 Å². The van der Waals surface area contributed by atoms with Crippen LogP contribution in [0.25, 0.3) is 11.4 Å². The summed E-state index contributed by atoms with van der Waals surface area (Å²) in [5.74, 6) is 3.14. The Morgan fingerprint density at radius 3 is 2.52 bits per heavy atom. The molecule has 33 heavy (non-hydrogen) atoms. The molecule has 0 unspecified atom stereocenters. The van der Waals surface area contributed by atoms with Gasteiger partial charge in [-0.2, -0.15) is 4.98 Å². The summed E-state index contributed by atoms with van der Waals surface area (Å²) < 4.78 is 10.7. The molecule has 3 heterocycles. The Morgan fingerprint density at radius 1 is 1.15 bits per heavy atom. The Balaban J connectivity index is 1.18. The van der Waals surface area contributed by atoms with E-state index in [1.807, 2.05) is 24.3 Å². The van der Waals surface area contributed by atoms with Crippen LogP contribution in [0.2, 0.25) is 0 Å². The molecular weight excluding hydrogens is 418 g/mol. The molecule has 0 saturated carbocycles. The lowest BCUT2D eigenvalue weighted by atomic mass is 9.92. The quantitative estimate of drug-likeness (QED) is 0.611. The highest BCUT2D eigenvalue weighted by molar-refractivity contribution is 5.78. The Bertz CT molecular complexity index is 882. The van der Waals surface area contributed by atoms with Gasteiger partial charge in [0, 0.05) is 44.2 Å².